The third kappa shape index (κ3) is 4.34. The molecule has 1 aromatic carbocycles. The summed E-state index contributed by atoms with van der Waals surface area (Å²) in [6.45, 7) is 2.39. The Kier molecular flexibility index (Phi) is 5.19. The van der Waals surface area contributed by atoms with Crippen LogP contribution in [0, 0.1) is 6.92 Å². The predicted molar refractivity (Wildman–Crippen MR) is 61.4 cm³/mol. The molecule has 2 nitrogen and oxygen atoms in total. The van der Waals surface area contributed by atoms with E-state index in [1.807, 2.05) is 25.1 Å². The number of carbonyl (C=O) groups is 1. The highest BCUT2D eigenvalue weighted by atomic mass is 35.5. The minimum atomic E-state index is -0.256. The first-order chi connectivity index (χ1) is 7.24. The summed E-state index contributed by atoms with van der Waals surface area (Å²) in [5, 5.41) is 0. The lowest BCUT2D eigenvalue weighted by molar-refractivity contribution is 0.0500. The van der Waals surface area contributed by atoms with Crippen LogP contribution in [-0.4, -0.2) is 18.5 Å². The van der Waals surface area contributed by atoms with Crippen molar-refractivity contribution in [1.29, 1.82) is 0 Å². The van der Waals surface area contributed by atoms with Gasteiger partial charge in [-0.15, -0.1) is 11.6 Å². The first kappa shape index (κ1) is 12.1. The number of aryl methyl sites for hydroxylation is 1. The highest BCUT2D eigenvalue weighted by molar-refractivity contribution is 6.17. The topological polar surface area (TPSA) is 26.3 Å². The Morgan fingerprint density at radius 2 is 2.20 bits per heavy atom. The lowest BCUT2D eigenvalue weighted by atomic mass is 10.1. The molecule has 0 bridgehead atoms. The third-order valence-corrected chi connectivity index (χ3v) is 2.28. The summed E-state index contributed by atoms with van der Waals surface area (Å²) in [5.74, 6) is 0.357. The van der Waals surface area contributed by atoms with Gasteiger partial charge in [0, 0.05) is 5.88 Å². The van der Waals surface area contributed by atoms with Crippen molar-refractivity contribution in [2.24, 2.45) is 0 Å². The fraction of sp³-hybridized carbons (Fsp3) is 0.417. The number of esters is 1. The molecule has 0 N–H and O–H groups in total. The first-order valence-corrected chi connectivity index (χ1v) is 5.57. The van der Waals surface area contributed by atoms with E-state index in [9.17, 15) is 4.79 Å². The largest absolute Gasteiger partial charge is 0.462 e. The van der Waals surface area contributed by atoms with Gasteiger partial charge in [-0.3, -0.25) is 0 Å². The van der Waals surface area contributed by atoms with Crippen molar-refractivity contribution in [2.45, 2.75) is 19.8 Å². The van der Waals surface area contributed by atoms with Gasteiger partial charge < -0.3 is 4.74 Å². The SMILES string of the molecule is Cc1cccc(C(=O)OCCCCCl)c1. The number of hydrogen-bond acceptors (Lipinski definition) is 2. The van der Waals surface area contributed by atoms with Crippen molar-refractivity contribution >= 4 is 17.6 Å². The van der Waals surface area contributed by atoms with E-state index in [0.29, 0.717) is 18.1 Å². The molecular formula is C12H15ClO2. The second-order valence-corrected chi connectivity index (χ2v) is 3.78. The van der Waals surface area contributed by atoms with Gasteiger partial charge in [-0.2, -0.15) is 0 Å². The molecule has 1 aromatic rings. The van der Waals surface area contributed by atoms with Crippen LogP contribution >= 0.6 is 11.6 Å². The minimum Gasteiger partial charge on any atom is -0.462 e. The number of unbranched alkanes of at least 4 members (excludes halogenated alkanes) is 1. The Labute approximate surface area is 95.2 Å². The number of ether oxygens (including phenoxy) is 1. The number of alkyl halides is 1. The van der Waals surface area contributed by atoms with Crippen LogP contribution < -0.4 is 0 Å². The van der Waals surface area contributed by atoms with Crippen molar-refractivity contribution in [3.63, 3.8) is 0 Å². The van der Waals surface area contributed by atoms with E-state index in [4.69, 9.17) is 16.3 Å². The zero-order valence-corrected chi connectivity index (χ0v) is 9.59. The monoisotopic (exact) mass is 226 g/mol. The number of benzene rings is 1. The van der Waals surface area contributed by atoms with Gasteiger partial charge in [0.15, 0.2) is 0 Å². The molecule has 0 aliphatic rings. The summed E-state index contributed by atoms with van der Waals surface area (Å²) in [4.78, 5) is 11.5. The molecule has 0 saturated heterocycles. The normalized spacial score (nSPS) is 10.0. The zero-order chi connectivity index (χ0) is 11.1. The maximum absolute atomic E-state index is 11.5. The molecule has 0 spiro atoms. The lowest BCUT2D eigenvalue weighted by Crippen LogP contribution is -2.06. The Bertz CT molecular complexity index is 323. The van der Waals surface area contributed by atoms with E-state index in [-0.39, 0.29) is 5.97 Å². The van der Waals surface area contributed by atoms with E-state index in [1.165, 1.54) is 0 Å². The van der Waals surface area contributed by atoms with Gasteiger partial charge in [-0.25, -0.2) is 4.79 Å². The van der Waals surface area contributed by atoms with Gasteiger partial charge in [0.25, 0.3) is 0 Å². The minimum absolute atomic E-state index is 0.256. The number of halogens is 1. The molecule has 3 heteroatoms. The first-order valence-electron chi connectivity index (χ1n) is 5.04. The second-order valence-electron chi connectivity index (χ2n) is 3.40. The van der Waals surface area contributed by atoms with E-state index >= 15 is 0 Å². The third-order valence-electron chi connectivity index (χ3n) is 2.01. The smallest absolute Gasteiger partial charge is 0.338 e. The molecule has 0 amide bonds. The summed E-state index contributed by atoms with van der Waals surface area (Å²) in [5.41, 5.74) is 1.67. The number of rotatable bonds is 5. The van der Waals surface area contributed by atoms with Crippen LogP contribution in [0.4, 0.5) is 0 Å². The lowest BCUT2D eigenvalue weighted by Gasteiger charge is -2.04. The van der Waals surface area contributed by atoms with Crippen molar-refractivity contribution in [3.05, 3.63) is 35.4 Å². The molecule has 0 unspecified atom stereocenters. The quantitative estimate of drug-likeness (QED) is 0.438. The van der Waals surface area contributed by atoms with Crippen LogP contribution in [0.1, 0.15) is 28.8 Å². The number of carbonyl (C=O) groups excluding carboxylic acids is 1. The summed E-state index contributed by atoms with van der Waals surface area (Å²) in [6.07, 6.45) is 1.70. The molecule has 0 aromatic heterocycles. The van der Waals surface area contributed by atoms with Gasteiger partial charge in [-0.05, 0) is 31.9 Å². The van der Waals surface area contributed by atoms with Crippen LogP contribution in [0.15, 0.2) is 24.3 Å². The molecule has 0 radical (unpaired) electrons. The standard InChI is InChI=1S/C12H15ClO2/c1-10-5-4-6-11(9-10)12(14)15-8-3-2-7-13/h4-6,9H,2-3,7-8H2,1H3. The number of hydrogen-bond donors (Lipinski definition) is 0. The molecule has 0 aliphatic heterocycles. The van der Waals surface area contributed by atoms with Gasteiger partial charge in [-0.1, -0.05) is 17.7 Å². The maximum atomic E-state index is 11.5. The highest BCUT2D eigenvalue weighted by Gasteiger charge is 2.05. The Morgan fingerprint density at radius 3 is 2.87 bits per heavy atom. The molecular weight excluding hydrogens is 212 g/mol. The Balaban J connectivity index is 2.40. The molecule has 0 saturated carbocycles. The second kappa shape index (κ2) is 6.46. The average molecular weight is 227 g/mol. The Morgan fingerprint density at radius 1 is 1.40 bits per heavy atom. The fourth-order valence-corrected chi connectivity index (χ4v) is 1.41. The van der Waals surface area contributed by atoms with E-state index in [1.54, 1.807) is 6.07 Å². The molecule has 0 heterocycles. The predicted octanol–water partition coefficient (Wildman–Crippen LogP) is 3.17. The van der Waals surface area contributed by atoms with E-state index in [2.05, 4.69) is 0 Å². The van der Waals surface area contributed by atoms with E-state index in [0.717, 1.165) is 18.4 Å². The van der Waals surface area contributed by atoms with Crippen molar-refractivity contribution in [1.82, 2.24) is 0 Å². The summed E-state index contributed by atoms with van der Waals surface area (Å²) >= 11 is 5.51. The fourth-order valence-electron chi connectivity index (χ4n) is 1.22. The van der Waals surface area contributed by atoms with Crippen molar-refractivity contribution in [2.75, 3.05) is 12.5 Å². The summed E-state index contributed by atoms with van der Waals surface area (Å²) in [7, 11) is 0. The van der Waals surface area contributed by atoms with Crippen LogP contribution in [0.5, 0.6) is 0 Å². The molecule has 0 aliphatic carbocycles. The summed E-state index contributed by atoms with van der Waals surface area (Å²) in [6, 6.07) is 7.38. The van der Waals surface area contributed by atoms with Crippen LogP contribution in [-0.2, 0) is 4.74 Å². The molecule has 82 valence electrons. The van der Waals surface area contributed by atoms with E-state index < -0.39 is 0 Å². The molecule has 0 fully saturated rings. The van der Waals surface area contributed by atoms with Crippen LogP contribution in [0.25, 0.3) is 0 Å². The van der Waals surface area contributed by atoms with Crippen molar-refractivity contribution < 1.29 is 9.53 Å². The summed E-state index contributed by atoms with van der Waals surface area (Å²) < 4.78 is 5.09. The molecule has 15 heavy (non-hydrogen) atoms. The van der Waals surface area contributed by atoms with Gasteiger partial charge in [0.1, 0.15) is 0 Å². The zero-order valence-electron chi connectivity index (χ0n) is 8.83. The average Bonchev–Trinajstić information content (AvgIpc) is 2.24. The Hall–Kier alpha value is -1.02. The molecule has 0 atom stereocenters. The maximum Gasteiger partial charge on any atom is 0.338 e. The van der Waals surface area contributed by atoms with Gasteiger partial charge in [0.05, 0.1) is 12.2 Å². The van der Waals surface area contributed by atoms with Crippen molar-refractivity contribution in [3.8, 4) is 0 Å². The van der Waals surface area contributed by atoms with Crippen LogP contribution in [0.3, 0.4) is 0 Å². The van der Waals surface area contributed by atoms with Gasteiger partial charge >= 0.3 is 5.97 Å². The molecule has 1 rings (SSSR count). The van der Waals surface area contributed by atoms with Gasteiger partial charge in [0.2, 0.25) is 0 Å². The highest BCUT2D eigenvalue weighted by Crippen LogP contribution is 2.06. The van der Waals surface area contributed by atoms with Crippen LogP contribution in [0.2, 0.25) is 0 Å².